The van der Waals surface area contributed by atoms with Gasteiger partial charge in [-0.15, -0.1) is 0 Å². The van der Waals surface area contributed by atoms with Gasteiger partial charge in [0.1, 0.15) is 0 Å². The van der Waals surface area contributed by atoms with Crippen LogP contribution in [0.1, 0.15) is 29.7 Å². The third-order valence-corrected chi connectivity index (χ3v) is 4.17. The molecule has 1 unspecified atom stereocenters. The maximum Gasteiger partial charge on any atom is 0.171 e. The van der Waals surface area contributed by atoms with Crippen molar-refractivity contribution in [1.82, 2.24) is 5.32 Å². The monoisotopic (exact) mass is 362 g/mol. The zero-order valence-corrected chi connectivity index (χ0v) is 14.8. The van der Waals surface area contributed by atoms with Crippen molar-refractivity contribution < 1.29 is 0 Å². The normalized spacial score (nSPS) is 11.8. The SMILES string of the molecule is Cc1ccc(C(C)NC(=S)Nc2cccc(Br)c2)cc1C. The molecule has 0 fully saturated rings. The summed E-state index contributed by atoms with van der Waals surface area (Å²) in [4.78, 5) is 0. The van der Waals surface area contributed by atoms with E-state index in [-0.39, 0.29) is 6.04 Å². The Morgan fingerprint density at radius 1 is 1.10 bits per heavy atom. The first-order valence-corrected chi connectivity index (χ1v) is 8.06. The van der Waals surface area contributed by atoms with Crippen LogP contribution < -0.4 is 10.6 Å². The summed E-state index contributed by atoms with van der Waals surface area (Å²) >= 11 is 8.83. The summed E-state index contributed by atoms with van der Waals surface area (Å²) in [5, 5.41) is 7.14. The second kappa shape index (κ2) is 7.05. The van der Waals surface area contributed by atoms with Crippen LogP contribution in [0.25, 0.3) is 0 Å². The van der Waals surface area contributed by atoms with Crippen molar-refractivity contribution in [3.05, 3.63) is 63.6 Å². The Labute approximate surface area is 140 Å². The number of nitrogens with one attached hydrogen (secondary N) is 2. The molecule has 2 N–H and O–H groups in total. The summed E-state index contributed by atoms with van der Waals surface area (Å²) in [5.41, 5.74) is 4.80. The van der Waals surface area contributed by atoms with E-state index < -0.39 is 0 Å². The number of halogens is 1. The summed E-state index contributed by atoms with van der Waals surface area (Å²) in [6.45, 7) is 6.36. The quantitative estimate of drug-likeness (QED) is 0.741. The Bertz CT molecular complexity index is 655. The van der Waals surface area contributed by atoms with Crippen LogP contribution in [0.3, 0.4) is 0 Å². The van der Waals surface area contributed by atoms with Gasteiger partial charge < -0.3 is 10.6 Å². The minimum atomic E-state index is 0.163. The first-order valence-electron chi connectivity index (χ1n) is 6.86. The Kier molecular flexibility index (Phi) is 5.37. The fraction of sp³-hybridized carbons (Fsp3) is 0.235. The molecule has 0 aromatic heterocycles. The maximum absolute atomic E-state index is 5.38. The van der Waals surface area contributed by atoms with E-state index in [1.54, 1.807) is 0 Å². The van der Waals surface area contributed by atoms with Crippen LogP contribution in [0, 0.1) is 13.8 Å². The van der Waals surface area contributed by atoms with Crippen molar-refractivity contribution in [3.63, 3.8) is 0 Å². The van der Waals surface area contributed by atoms with Crippen LogP contribution in [0.5, 0.6) is 0 Å². The molecule has 0 heterocycles. The number of anilines is 1. The fourth-order valence-corrected chi connectivity index (χ4v) is 2.74. The van der Waals surface area contributed by atoms with Gasteiger partial charge in [0.05, 0.1) is 6.04 Å². The third-order valence-electron chi connectivity index (χ3n) is 3.46. The van der Waals surface area contributed by atoms with Gasteiger partial charge in [-0.3, -0.25) is 0 Å². The van der Waals surface area contributed by atoms with Gasteiger partial charge in [0, 0.05) is 10.2 Å². The zero-order chi connectivity index (χ0) is 15.4. The molecule has 0 saturated carbocycles. The largest absolute Gasteiger partial charge is 0.356 e. The summed E-state index contributed by atoms with van der Waals surface area (Å²) in [6, 6.07) is 14.6. The van der Waals surface area contributed by atoms with Gasteiger partial charge in [0.2, 0.25) is 0 Å². The lowest BCUT2D eigenvalue weighted by atomic mass is 10.0. The summed E-state index contributed by atoms with van der Waals surface area (Å²) in [6.07, 6.45) is 0. The molecule has 21 heavy (non-hydrogen) atoms. The summed E-state index contributed by atoms with van der Waals surface area (Å²) in [7, 11) is 0. The topological polar surface area (TPSA) is 24.1 Å². The molecule has 4 heteroatoms. The first kappa shape index (κ1) is 16.0. The number of aryl methyl sites for hydroxylation is 2. The van der Waals surface area contributed by atoms with Crippen molar-refractivity contribution >= 4 is 38.9 Å². The molecule has 2 aromatic rings. The average molecular weight is 363 g/mol. The predicted molar refractivity (Wildman–Crippen MR) is 97.8 cm³/mol. The Hall–Kier alpha value is -1.39. The van der Waals surface area contributed by atoms with Crippen molar-refractivity contribution in [2.45, 2.75) is 26.8 Å². The molecule has 0 aliphatic heterocycles. The van der Waals surface area contributed by atoms with Gasteiger partial charge >= 0.3 is 0 Å². The van der Waals surface area contributed by atoms with Crippen LogP contribution >= 0.6 is 28.1 Å². The Morgan fingerprint density at radius 2 is 1.86 bits per heavy atom. The summed E-state index contributed by atoms with van der Waals surface area (Å²) in [5.74, 6) is 0. The van der Waals surface area contributed by atoms with Gasteiger partial charge in [0.15, 0.2) is 5.11 Å². The standard InChI is InChI=1S/C17H19BrN2S/c1-11-7-8-14(9-12(11)2)13(3)19-17(21)20-16-6-4-5-15(18)10-16/h4-10,13H,1-3H3,(H2,19,20,21). The molecule has 1 atom stereocenters. The smallest absolute Gasteiger partial charge is 0.171 e. The molecule has 2 nitrogen and oxygen atoms in total. The fourth-order valence-electron chi connectivity index (χ4n) is 2.05. The first-order chi connectivity index (χ1) is 9.95. The number of hydrogen-bond acceptors (Lipinski definition) is 1. The highest BCUT2D eigenvalue weighted by atomic mass is 79.9. The minimum absolute atomic E-state index is 0.163. The highest BCUT2D eigenvalue weighted by Gasteiger charge is 2.08. The van der Waals surface area contributed by atoms with Gasteiger partial charge in [0.25, 0.3) is 0 Å². The maximum atomic E-state index is 5.38. The lowest BCUT2D eigenvalue weighted by Crippen LogP contribution is -2.30. The number of thiocarbonyl (C=S) groups is 1. The van der Waals surface area contributed by atoms with Gasteiger partial charge in [-0.1, -0.05) is 40.2 Å². The molecule has 0 radical (unpaired) electrons. The zero-order valence-electron chi connectivity index (χ0n) is 12.4. The van der Waals surface area contributed by atoms with E-state index in [0.29, 0.717) is 5.11 Å². The molecule has 0 bridgehead atoms. The third kappa shape index (κ3) is 4.55. The van der Waals surface area contributed by atoms with Crippen LogP contribution in [0.2, 0.25) is 0 Å². The van der Waals surface area contributed by atoms with Gasteiger partial charge in [-0.2, -0.15) is 0 Å². The molecule has 0 aliphatic rings. The Morgan fingerprint density at radius 3 is 2.52 bits per heavy atom. The van der Waals surface area contributed by atoms with Crippen molar-refractivity contribution in [3.8, 4) is 0 Å². The minimum Gasteiger partial charge on any atom is -0.356 e. The van der Waals surface area contributed by atoms with Crippen LogP contribution in [0.15, 0.2) is 46.9 Å². The molecule has 0 amide bonds. The van der Waals surface area contributed by atoms with Crippen LogP contribution in [0.4, 0.5) is 5.69 Å². The van der Waals surface area contributed by atoms with E-state index in [2.05, 4.69) is 65.5 Å². The van der Waals surface area contributed by atoms with Crippen LogP contribution in [-0.2, 0) is 0 Å². The summed E-state index contributed by atoms with van der Waals surface area (Å²) < 4.78 is 1.03. The molecule has 0 aliphatic carbocycles. The number of hydrogen-bond donors (Lipinski definition) is 2. The highest BCUT2D eigenvalue weighted by Crippen LogP contribution is 2.18. The van der Waals surface area contributed by atoms with Crippen LogP contribution in [-0.4, -0.2) is 5.11 Å². The van der Waals surface area contributed by atoms with E-state index in [1.807, 2.05) is 24.3 Å². The second-order valence-corrected chi connectivity index (χ2v) is 6.50. The molecule has 2 rings (SSSR count). The predicted octanol–water partition coefficient (Wildman–Crippen LogP) is 5.11. The van der Waals surface area contributed by atoms with E-state index in [9.17, 15) is 0 Å². The Balaban J connectivity index is 2.00. The molecule has 0 spiro atoms. The lowest BCUT2D eigenvalue weighted by Gasteiger charge is -2.18. The number of benzene rings is 2. The van der Waals surface area contributed by atoms with E-state index in [0.717, 1.165) is 10.2 Å². The molecule has 0 saturated heterocycles. The van der Waals surface area contributed by atoms with Gasteiger partial charge in [-0.25, -0.2) is 0 Å². The van der Waals surface area contributed by atoms with E-state index in [4.69, 9.17) is 12.2 Å². The average Bonchev–Trinajstić information content (AvgIpc) is 2.41. The van der Waals surface area contributed by atoms with E-state index >= 15 is 0 Å². The van der Waals surface area contributed by atoms with Crippen molar-refractivity contribution in [1.29, 1.82) is 0 Å². The molecular weight excluding hydrogens is 344 g/mol. The molecule has 110 valence electrons. The van der Waals surface area contributed by atoms with Gasteiger partial charge in [-0.05, 0) is 67.9 Å². The molecule has 2 aromatic carbocycles. The van der Waals surface area contributed by atoms with E-state index in [1.165, 1.54) is 16.7 Å². The second-order valence-electron chi connectivity index (χ2n) is 5.17. The van der Waals surface area contributed by atoms with Crippen molar-refractivity contribution in [2.24, 2.45) is 0 Å². The lowest BCUT2D eigenvalue weighted by molar-refractivity contribution is 0.721. The molecular formula is C17H19BrN2S. The number of rotatable bonds is 3. The van der Waals surface area contributed by atoms with Crippen molar-refractivity contribution in [2.75, 3.05) is 5.32 Å². The highest BCUT2D eigenvalue weighted by molar-refractivity contribution is 9.10.